The summed E-state index contributed by atoms with van der Waals surface area (Å²) < 4.78 is 0. The fourth-order valence-corrected chi connectivity index (χ4v) is 1.71. The number of nitrogens with one attached hydrogen (secondary N) is 1. The number of nitrogens with two attached hydrogens (primary N) is 1. The van der Waals surface area contributed by atoms with E-state index in [1.165, 1.54) is 10.4 Å². The van der Waals surface area contributed by atoms with Gasteiger partial charge in [0.1, 0.15) is 6.54 Å². The van der Waals surface area contributed by atoms with Crippen LogP contribution in [0.5, 0.6) is 0 Å². The lowest BCUT2D eigenvalue weighted by Crippen LogP contribution is -2.22. The summed E-state index contributed by atoms with van der Waals surface area (Å²) in [4.78, 5) is 5.57. The van der Waals surface area contributed by atoms with E-state index in [2.05, 4.69) is 51.7 Å². The van der Waals surface area contributed by atoms with E-state index in [0.717, 1.165) is 5.69 Å². The normalized spacial score (nSPS) is 11.9. The maximum absolute atomic E-state index is 5.84. The molecule has 0 bridgehead atoms. The quantitative estimate of drug-likeness (QED) is 0.646. The third-order valence-corrected chi connectivity index (χ3v) is 2.77. The monoisotopic (exact) mass is 273 g/mol. The van der Waals surface area contributed by atoms with Crippen LogP contribution in [0.25, 0.3) is 0 Å². The average molecular weight is 273 g/mol. The largest absolute Gasteiger partial charge is 0.370 e. The summed E-state index contributed by atoms with van der Waals surface area (Å²) in [5.41, 5.74) is 8.01. The van der Waals surface area contributed by atoms with Crippen LogP contribution >= 0.6 is 0 Å². The van der Waals surface area contributed by atoms with Crippen LogP contribution in [-0.2, 0) is 13.6 Å². The Balaban J connectivity index is 2.00. The van der Waals surface area contributed by atoms with E-state index < -0.39 is 0 Å². The number of hydrogen-bond donors (Lipinski definition) is 2. The summed E-state index contributed by atoms with van der Waals surface area (Å²) in [7, 11) is 1.71. The van der Waals surface area contributed by atoms with E-state index in [4.69, 9.17) is 5.73 Å². The molecule has 0 unspecified atom stereocenters. The maximum Gasteiger partial charge on any atom is 0.196 e. The van der Waals surface area contributed by atoms with E-state index in [9.17, 15) is 0 Å². The van der Waals surface area contributed by atoms with Gasteiger partial charge in [-0.1, -0.05) is 26.0 Å². The summed E-state index contributed by atoms with van der Waals surface area (Å²) in [5.74, 6) is 1.34. The minimum Gasteiger partial charge on any atom is -0.370 e. The molecule has 0 aliphatic rings. The van der Waals surface area contributed by atoms with Crippen LogP contribution in [-0.4, -0.2) is 26.2 Å². The maximum atomic E-state index is 5.84. The lowest BCUT2D eigenvalue weighted by molar-refractivity contribution is 0.627. The molecule has 106 valence electrons. The van der Waals surface area contributed by atoms with Gasteiger partial charge < -0.3 is 11.1 Å². The Morgan fingerprint density at radius 3 is 2.90 bits per heavy atom. The number of guanidine groups is 1. The predicted molar refractivity (Wildman–Crippen MR) is 78.3 cm³/mol. The summed E-state index contributed by atoms with van der Waals surface area (Å²) in [6.07, 6.45) is 0. The second-order valence-electron chi connectivity index (χ2n) is 4.80. The number of hydrogen-bond acceptors (Lipinski definition) is 4. The SMILES string of the molecule is CC(C)c1cccc(NC(N)=NCc2nnn(C)n2)c1. The molecular formula is C13H19N7. The lowest BCUT2D eigenvalue weighted by atomic mass is 10.0. The molecule has 0 aliphatic carbocycles. The van der Waals surface area contributed by atoms with Crippen LogP contribution in [0.3, 0.4) is 0 Å². The van der Waals surface area contributed by atoms with Gasteiger partial charge in [0.2, 0.25) is 0 Å². The van der Waals surface area contributed by atoms with Crippen LogP contribution in [0.15, 0.2) is 29.3 Å². The van der Waals surface area contributed by atoms with Crippen molar-refractivity contribution in [3.63, 3.8) is 0 Å². The molecule has 20 heavy (non-hydrogen) atoms. The van der Waals surface area contributed by atoms with Gasteiger partial charge in [0, 0.05) is 5.69 Å². The van der Waals surface area contributed by atoms with Crippen molar-refractivity contribution in [2.45, 2.75) is 26.3 Å². The zero-order chi connectivity index (χ0) is 14.5. The molecule has 0 radical (unpaired) electrons. The highest BCUT2D eigenvalue weighted by molar-refractivity contribution is 5.92. The van der Waals surface area contributed by atoms with Gasteiger partial charge in [0.15, 0.2) is 11.8 Å². The average Bonchev–Trinajstić information content (AvgIpc) is 2.82. The van der Waals surface area contributed by atoms with Crippen molar-refractivity contribution in [2.24, 2.45) is 17.8 Å². The minimum atomic E-state index is 0.302. The number of aryl methyl sites for hydroxylation is 1. The Bertz CT molecular complexity index is 600. The number of nitrogens with zero attached hydrogens (tertiary/aromatic N) is 5. The second kappa shape index (κ2) is 6.14. The molecule has 0 spiro atoms. The molecule has 7 nitrogen and oxygen atoms in total. The number of rotatable bonds is 4. The number of aromatic nitrogens is 4. The molecule has 7 heteroatoms. The van der Waals surface area contributed by atoms with Gasteiger partial charge in [-0.15, -0.1) is 10.2 Å². The summed E-state index contributed by atoms with van der Waals surface area (Å²) >= 11 is 0. The predicted octanol–water partition coefficient (Wildman–Crippen LogP) is 1.26. The van der Waals surface area contributed by atoms with E-state index in [0.29, 0.717) is 24.2 Å². The first kappa shape index (κ1) is 14.0. The highest BCUT2D eigenvalue weighted by atomic mass is 15.6. The molecule has 0 saturated heterocycles. The summed E-state index contributed by atoms with van der Waals surface area (Å²) in [5, 5.41) is 14.7. The van der Waals surface area contributed by atoms with Crippen molar-refractivity contribution in [3.05, 3.63) is 35.7 Å². The van der Waals surface area contributed by atoms with Crippen molar-refractivity contribution >= 4 is 11.6 Å². The zero-order valence-corrected chi connectivity index (χ0v) is 11.9. The number of tetrazole rings is 1. The van der Waals surface area contributed by atoms with Gasteiger partial charge in [-0.3, -0.25) is 0 Å². The van der Waals surface area contributed by atoms with E-state index in [1.807, 2.05) is 12.1 Å². The minimum absolute atomic E-state index is 0.302. The van der Waals surface area contributed by atoms with Gasteiger partial charge >= 0.3 is 0 Å². The first-order valence-electron chi connectivity index (χ1n) is 6.44. The molecule has 0 saturated carbocycles. The molecule has 1 aromatic carbocycles. The first-order valence-corrected chi connectivity index (χ1v) is 6.44. The standard InChI is InChI=1S/C13H19N7/c1-9(2)10-5-4-6-11(7-10)16-13(14)15-8-12-17-19-20(3)18-12/h4-7,9H,8H2,1-3H3,(H3,14,15,16). The van der Waals surface area contributed by atoms with E-state index in [1.54, 1.807) is 7.05 Å². The molecule has 2 rings (SSSR count). The number of aliphatic imine (C=N–C) groups is 1. The van der Waals surface area contributed by atoms with Crippen molar-refractivity contribution in [1.29, 1.82) is 0 Å². The van der Waals surface area contributed by atoms with Gasteiger partial charge in [-0.05, 0) is 28.8 Å². The Morgan fingerprint density at radius 1 is 1.45 bits per heavy atom. The highest BCUT2D eigenvalue weighted by Gasteiger charge is 2.02. The molecule has 3 N–H and O–H groups in total. The molecular weight excluding hydrogens is 254 g/mol. The first-order chi connectivity index (χ1) is 9.54. The Kier molecular flexibility index (Phi) is 4.29. The smallest absolute Gasteiger partial charge is 0.196 e. The number of benzene rings is 1. The van der Waals surface area contributed by atoms with Crippen molar-refractivity contribution < 1.29 is 0 Å². The van der Waals surface area contributed by atoms with Gasteiger partial charge in [-0.2, -0.15) is 4.80 Å². The Labute approximate surface area is 117 Å². The highest BCUT2D eigenvalue weighted by Crippen LogP contribution is 2.18. The third kappa shape index (κ3) is 3.78. The van der Waals surface area contributed by atoms with Crippen LogP contribution in [0, 0.1) is 0 Å². The lowest BCUT2D eigenvalue weighted by Gasteiger charge is -2.09. The second-order valence-corrected chi connectivity index (χ2v) is 4.80. The Morgan fingerprint density at radius 2 is 2.25 bits per heavy atom. The summed E-state index contributed by atoms with van der Waals surface area (Å²) in [6, 6.07) is 8.10. The van der Waals surface area contributed by atoms with Crippen LogP contribution in [0.1, 0.15) is 31.2 Å². The third-order valence-electron chi connectivity index (χ3n) is 2.77. The zero-order valence-electron chi connectivity index (χ0n) is 11.9. The molecule has 0 atom stereocenters. The molecule has 1 heterocycles. The van der Waals surface area contributed by atoms with E-state index in [-0.39, 0.29) is 0 Å². The molecule has 2 aromatic rings. The fourth-order valence-electron chi connectivity index (χ4n) is 1.71. The van der Waals surface area contributed by atoms with Crippen LogP contribution < -0.4 is 11.1 Å². The Hall–Kier alpha value is -2.44. The molecule has 1 aromatic heterocycles. The van der Waals surface area contributed by atoms with Crippen molar-refractivity contribution in [2.75, 3.05) is 5.32 Å². The van der Waals surface area contributed by atoms with E-state index >= 15 is 0 Å². The molecule has 0 aliphatic heterocycles. The van der Waals surface area contributed by atoms with Crippen molar-refractivity contribution in [1.82, 2.24) is 20.2 Å². The van der Waals surface area contributed by atoms with Gasteiger partial charge in [0.25, 0.3) is 0 Å². The topological polar surface area (TPSA) is 94.0 Å². The summed E-state index contributed by atoms with van der Waals surface area (Å²) in [6.45, 7) is 4.60. The van der Waals surface area contributed by atoms with Crippen LogP contribution in [0.4, 0.5) is 5.69 Å². The van der Waals surface area contributed by atoms with Gasteiger partial charge in [0.05, 0.1) is 7.05 Å². The molecule has 0 amide bonds. The fraction of sp³-hybridized carbons (Fsp3) is 0.385. The van der Waals surface area contributed by atoms with Gasteiger partial charge in [-0.25, -0.2) is 4.99 Å². The number of anilines is 1. The van der Waals surface area contributed by atoms with Crippen molar-refractivity contribution in [3.8, 4) is 0 Å². The van der Waals surface area contributed by atoms with Crippen LogP contribution in [0.2, 0.25) is 0 Å². The molecule has 0 fully saturated rings.